The van der Waals surface area contributed by atoms with Crippen LogP contribution in [0.4, 0.5) is 0 Å². The number of hydrogen-bond acceptors (Lipinski definition) is 3. The summed E-state index contributed by atoms with van der Waals surface area (Å²) in [5.41, 5.74) is 0. The number of ether oxygens (including phenoxy) is 1. The van der Waals surface area contributed by atoms with Crippen molar-refractivity contribution in [3.63, 3.8) is 0 Å². The zero-order chi connectivity index (χ0) is 10.1. The van der Waals surface area contributed by atoms with Crippen molar-refractivity contribution in [2.45, 2.75) is 32.6 Å². The highest BCUT2D eigenvalue weighted by Crippen LogP contribution is 1.98. The van der Waals surface area contributed by atoms with E-state index in [1.165, 1.54) is 0 Å². The van der Waals surface area contributed by atoms with Crippen LogP contribution >= 0.6 is 0 Å². The predicted octanol–water partition coefficient (Wildman–Crippen LogP) is 1.33. The number of hydrogen-bond donors (Lipinski definition) is 1. The molecule has 1 unspecified atom stereocenters. The summed E-state index contributed by atoms with van der Waals surface area (Å²) < 4.78 is 23.2. The first-order valence-corrected chi connectivity index (χ1v) is 5.67. The van der Waals surface area contributed by atoms with Gasteiger partial charge in [-0.05, 0) is 6.42 Å². The topological polar surface area (TPSA) is 63.6 Å². The Bertz CT molecular complexity index is 170. The Hall–Kier alpha value is -0.420. The van der Waals surface area contributed by atoms with Gasteiger partial charge in [0.05, 0.1) is 6.61 Å². The maximum atomic E-state index is 10.7. The van der Waals surface area contributed by atoms with Gasteiger partial charge in [-0.2, -0.15) is 0 Å². The van der Waals surface area contributed by atoms with Crippen molar-refractivity contribution in [1.29, 1.82) is 0 Å². The van der Waals surface area contributed by atoms with Crippen molar-refractivity contribution >= 4 is 17.0 Å². The van der Waals surface area contributed by atoms with Crippen LogP contribution in [0.5, 0.6) is 0 Å². The molecule has 1 atom stereocenters. The summed E-state index contributed by atoms with van der Waals surface area (Å²) in [6.45, 7) is 2.46. The summed E-state index contributed by atoms with van der Waals surface area (Å²) in [7, 11) is 0. The highest BCUT2D eigenvalue weighted by atomic mass is 32.2. The molecule has 0 aliphatic carbocycles. The van der Waals surface area contributed by atoms with Crippen LogP contribution in [-0.4, -0.2) is 27.1 Å². The quantitative estimate of drug-likeness (QED) is 0.389. The third-order valence-electron chi connectivity index (χ3n) is 1.50. The van der Waals surface area contributed by atoms with E-state index in [0.29, 0.717) is 6.61 Å². The fourth-order valence-corrected chi connectivity index (χ4v) is 1.14. The molecule has 0 bridgehead atoms. The highest BCUT2D eigenvalue weighted by Gasteiger charge is 2.05. The lowest BCUT2D eigenvalue weighted by Gasteiger charge is -2.02. The molecule has 0 amide bonds. The zero-order valence-electron chi connectivity index (χ0n) is 7.82. The van der Waals surface area contributed by atoms with E-state index in [2.05, 4.69) is 6.92 Å². The van der Waals surface area contributed by atoms with Gasteiger partial charge in [-0.25, -0.2) is 4.21 Å². The Balaban J connectivity index is 3.22. The lowest BCUT2D eigenvalue weighted by atomic mass is 10.2. The van der Waals surface area contributed by atoms with Gasteiger partial charge < -0.3 is 9.29 Å². The SMILES string of the molecule is CCCCCCOC(=O)CS(=O)O. The first-order valence-electron chi connectivity index (χ1n) is 4.40. The lowest BCUT2D eigenvalue weighted by Crippen LogP contribution is -2.14. The number of esters is 1. The molecule has 0 fully saturated rings. The predicted molar refractivity (Wildman–Crippen MR) is 50.7 cm³/mol. The Kier molecular flexibility index (Phi) is 7.93. The molecule has 0 saturated heterocycles. The van der Waals surface area contributed by atoms with Crippen molar-refractivity contribution < 1.29 is 18.3 Å². The minimum absolute atomic E-state index is 0.357. The molecule has 0 rings (SSSR count). The lowest BCUT2D eigenvalue weighted by molar-refractivity contribution is -0.140. The molecule has 1 N–H and O–H groups in total. The second-order valence-electron chi connectivity index (χ2n) is 2.75. The van der Waals surface area contributed by atoms with Gasteiger partial charge in [-0.15, -0.1) is 0 Å². The Morgan fingerprint density at radius 1 is 1.38 bits per heavy atom. The van der Waals surface area contributed by atoms with E-state index in [0.717, 1.165) is 25.7 Å². The van der Waals surface area contributed by atoms with Gasteiger partial charge in [-0.1, -0.05) is 26.2 Å². The van der Waals surface area contributed by atoms with Gasteiger partial charge in [0, 0.05) is 0 Å². The van der Waals surface area contributed by atoms with E-state index < -0.39 is 22.8 Å². The first kappa shape index (κ1) is 12.6. The van der Waals surface area contributed by atoms with E-state index in [1.54, 1.807) is 0 Å². The van der Waals surface area contributed by atoms with Crippen molar-refractivity contribution in [1.82, 2.24) is 0 Å². The number of carbonyl (C=O) groups is 1. The van der Waals surface area contributed by atoms with Crippen LogP contribution in [0.15, 0.2) is 0 Å². The second-order valence-corrected chi connectivity index (χ2v) is 3.68. The molecule has 13 heavy (non-hydrogen) atoms. The zero-order valence-corrected chi connectivity index (χ0v) is 8.64. The molecule has 0 saturated carbocycles. The molecule has 0 aliphatic heterocycles. The van der Waals surface area contributed by atoms with Crippen LogP contribution in [0.25, 0.3) is 0 Å². The van der Waals surface area contributed by atoms with Crippen LogP contribution in [0, 0.1) is 0 Å². The molecule has 0 spiro atoms. The molecule has 0 aliphatic rings. The minimum Gasteiger partial charge on any atom is -0.465 e. The second kappa shape index (κ2) is 8.19. The molecule has 0 aromatic carbocycles. The molecule has 0 aromatic heterocycles. The number of unbranched alkanes of at least 4 members (excludes halogenated alkanes) is 3. The van der Waals surface area contributed by atoms with E-state index in [9.17, 15) is 9.00 Å². The standard InChI is InChI=1S/C8H16O4S/c1-2-3-4-5-6-12-8(9)7-13(10)11/h2-7H2,1H3,(H,10,11). The van der Waals surface area contributed by atoms with Crippen LogP contribution in [0.3, 0.4) is 0 Å². The molecular formula is C8H16O4S. The van der Waals surface area contributed by atoms with Gasteiger partial charge in [0.15, 0.2) is 11.1 Å². The van der Waals surface area contributed by atoms with Gasteiger partial charge in [0.2, 0.25) is 0 Å². The Morgan fingerprint density at radius 3 is 2.62 bits per heavy atom. The van der Waals surface area contributed by atoms with Crippen molar-refractivity contribution in [3.8, 4) is 0 Å². The number of carbonyl (C=O) groups excluding carboxylic acids is 1. The summed E-state index contributed by atoms with van der Waals surface area (Å²) in [6.07, 6.45) is 4.13. The molecule has 0 heterocycles. The normalized spacial score (nSPS) is 12.5. The van der Waals surface area contributed by atoms with E-state index >= 15 is 0 Å². The van der Waals surface area contributed by atoms with Crippen molar-refractivity contribution in [2.24, 2.45) is 0 Å². The van der Waals surface area contributed by atoms with E-state index in [4.69, 9.17) is 9.29 Å². The van der Waals surface area contributed by atoms with Gasteiger partial charge in [-0.3, -0.25) is 4.79 Å². The average Bonchev–Trinajstić information content (AvgIpc) is 2.02. The molecule has 4 nitrogen and oxygen atoms in total. The van der Waals surface area contributed by atoms with Crippen LogP contribution in [0.2, 0.25) is 0 Å². The highest BCUT2D eigenvalue weighted by molar-refractivity contribution is 7.80. The fraction of sp³-hybridized carbons (Fsp3) is 0.875. The van der Waals surface area contributed by atoms with Gasteiger partial charge in [0.1, 0.15) is 5.75 Å². The van der Waals surface area contributed by atoms with Crippen LogP contribution in [-0.2, 0) is 20.6 Å². The third-order valence-corrected chi connectivity index (χ3v) is 1.98. The molecule has 5 heteroatoms. The van der Waals surface area contributed by atoms with Crippen LogP contribution < -0.4 is 0 Å². The summed E-state index contributed by atoms with van der Waals surface area (Å²) >= 11 is -2.08. The smallest absolute Gasteiger partial charge is 0.320 e. The molecule has 78 valence electrons. The Morgan fingerprint density at radius 2 is 2.08 bits per heavy atom. The maximum absolute atomic E-state index is 10.7. The Labute approximate surface area is 80.9 Å². The maximum Gasteiger partial charge on any atom is 0.320 e. The van der Waals surface area contributed by atoms with Crippen molar-refractivity contribution in [3.05, 3.63) is 0 Å². The average molecular weight is 208 g/mol. The van der Waals surface area contributed by atoms with Crippen LogP contribution in [0.1, 0.15) is 32.6 Å². The van der Waals surface area contributed by atoms with E-state index in [-0.39, 0.29) is 0 Å². The minimum atomic E-state index is -2.08. The summed E-state index contributed by atoms with van der Waals surface area (Å²) in [4.78, 5) is 10.7. The van der Waals surface area contributed by atoms with E-state index in [1.807, 2.05) is 0 Å². The fourth-order valence-electron chi connectivity index (χ4n) is 0.857. The number of rotatable bonds is 7. The summed E-state index contributed by atoms with van der Waals surface area (Å²) in [5, 5.41) is 0. The molecule has 0 radical (unpaired) electrons. The first-order chi connectivity index (χ1) is 6.16. The van der Waals surface area contributed by atoms with Gasteiger partial charge >= 0.3 is 5.97 Å². The monoisotopic (exact) mass is 208 g/mol. The summed E-state index contributed by atoms with van der Waals surface area (Å²) in [6, 6.07) is 0. The summed E-state index contributed by atoms with van der Waals surface area (Å²) in [5.74, 6) is -1.02. The largest absolute Gasteiger partial charge is 0.465 e. The van der Waals surface area contributed by atoms with Crippen molar-refractivity contribution in [2.75, 3.05) is 12.4 Å². The molecular weight excluding hydrogens is 192 g/mol. The van der Waals surface area contributed by atoms with Gasteiger partial charge in [0.25, 0.3) is 0 Å². The third kappa shape index (κ3) is 9.49. The molecule has 0 aromatic rings.